The van der Waals surface area contributed by atoms with Crippen molar-refractivity contribution < 1.29 is 43.1 Å². The quantitative estimate of drug-likeness (QED) is 0.171. The SMILES string of the molecule is C=CC(=O)NC(=O)N(C)C1O[C@H](COP(N[C@@H](C)C(=O)OCC2CCCC2)Oc2ccccc2)[C@@H](O)[C@H]1O. The number of aliphatic hydroxyl groups excluding tert-OH is 2. The van der Waals surface area contributed by atoms with E-state index in [2.05, 4.69) is 11.7 Å². The van der Waals surface area contributed by atoms with Gasteiger partial charge >= 0.3 is 20.5 Å². The highest BCUT2D eigenvalue weighted by molar-refractivity contribution is 7.45. The zero-order valence-corrected chi connectivity index (χ0v) is 22.4. The molecule has 3 amide bonds. The number of urea groups is 1. The largest absolute Gasteiger partial charge is 0.464 e. The molecule has 2 unspecified atom stereocenters. The van der Waals surface area contributed by atoms with E-state index in [0.717, 1.165) is 36.7 Å². The number of aliphatic hydroxyl groups is 2. The maximum absolute atomic E-state index is 12.6. The van der Waals surface area contributed by atoms with Crippen molar-refractivity contribution in [2.24, 2.45) is 5.92 Å². The molecule has 1 aromatic carbocycles. The minimum Gasteiger partial charge on any atom is -0.464 e. The van der Waals surface area contributed by atoms with Gasteiger partial charge < -0.3 is 28.7 Å². The van der Waals surface area contributed by atoms with E-state index in [1.807, 2.05) is 11.4 Å². The molecule has 38 heavy (non-hydrogen) atoms. The molecule has 0 aromatic heterocycles. The van der Waals surface area contributed by atoms with Crippen LogP contribution in [0.5, 0.6) is 5.75 Å². The van der Waals surface area contributed by atoms with E-state index < -0.39 is 57.0 Å². The van der Waals surface area contributed by atoms with Gasteiger partial charge in [-0.1, -0.05) is 37.6 Å². The fourth-order valence-corrected chi connectivity index (χ4v) is 5.27. The monoisotopic (exact) mass is 553 g/mol. The summed E-state index contributed by atoms with van der Waals surface area (Å²) < 4.78 is 22.9. The van der Waals surface area contributed by atoms with E-state index in [1.54, 1.807) is 31.2 Å². The molecule has 1 aromatic rings. The van der Waals surface area contributed by atoms with Crippen molar-refractivity contribution in [3.05, 3.63) is 43.0 Å². The van der Waals surface area contributed by atoms with Crippen molar-refractivity contribution in [2.45, 2.75) is 63.2 Å². The lowest BCUT2D eigenvalue weighted by atomic mass is 10.1. The number of hydrogen-bond donors (Lipinski definition) is 4. The van der Waals surface area contributed by atoms with Crippen LogP contribution in [0.3, 0.4) is 0 Å². The molecule has 12 nitrogen and oxygen atoms in total. The summed E-state index contributed by atoms with van der Waals surface area (Å²) in [6, 6.07) is 7.26. The number of rotatable bonds is 12. The molecular weight excluding hydrogens is 517 g/mol. The first kappa shape index (κ1) is 29.9. The fraction of sp³-hybridized carbons (Fsp3) is 0.560. The molecule has 1 heterocycles. The number of nitrogens with one attached hydrogen (secondary N) is 2. The van der Waals surface area contributed by atoms with Crippen LogP contribution in [0.4, 0.5) is 4.79 Å². The molecule has 4 N–H and O–H groups in total. The number of carbonyl (C=O) groups excluding carboxylic acids is 3. The Labute approximate surface area is 223 Å². The van der Waals surface area contributed by atoms with Gasteiger partial charge in [0, 0.05) is 7.05 Å². The van der Waals surface area contributed by atoms with Gasteiger partial charge in [-0.3, -0.25) is 19.8 Å². The Bertz CT molecular complexity index is 947. The second-order valence-electron chi connectivity index (χ2n) is 9.24. The highest BCUT2D eigenvalue weighted by Crippen LogP contribution is 2.37. The minimum atomic E-state index is -1.91. The van der Waals surface area contributed by atoms with Crippen LogP contribution in [-0.4, -0.2) is 83.9 Å². The molecule has 6 atom stereocenters. The molecule has 1 saturated carbocycles. The summed E-state index contributed by atoms with van der Waals surface area (Å²) in [7, 11) is -0.601. The molecule has 210 valence electrons. The van der Waals surface area contributed by atoms with Gasteiger partial charge in [0.1, 0.15) is 30.1 Å². The first-order valence-electron chi connectivity index (χ1n) is 12.5. The van der Waals surface area contributed by atoms with Crippen molar-refractivity contribution in [1.82, 2.24) is 15.3 Å². The van der Waals surface area contributed by atoms with E-state index >= 15 is 0 Å². The van der Waals surface area contributed by atoms with Gasteiger partial charge in [-0.2, -0.15) is 0 Å². The van der Waals surface area contributed by atoms with Gasteiger partial charge in [0.05, 0.1) is 13.2 Å². The number of ether oxygens (including phenoxy) is 2. The fourth-order valence-electron chi connectivity index (χ4n) is 4.07. The van der Waals surface area contributed by atoms with Crippen molar-refractivity contribution >= 4 is 26.4 Å². The standard InChI is InChI=1S/C25H36N3O9P/c1-4-20(29)26-25(33)28(3)23-22(31)21(30)19(36-23)15-35-38(37-18-12-6-5-7-13-18)27-16(2)24(32)34-14-17-10-8-9-11-17/h4-7,12-13,16-17,19,21-23,27,30-31H,1,8-11,14-15H2,2-3H3,(H,26,29,33)/t16-,19+,21+,22+,23?,38?/m0/s1. The second kappa shape index (κ2) is 14.5. The molecule has 2 fully saturated rings. The van der Waals surface area contributed by atoms with Crippen LogP contribution in [0.25, 0.3) is 0 Å². The summed E-state index contributed by atoms with van der Waals surface area (Å²) in [6.45, 7) is 5.06. The predicted molar refractivity (Wildman–Crippen MR) is 138 cm³/mol. The number of nitrogens with zero attached hydrogens (tertiary/aromatic N) is 1. The average molecular weight is 554 g/mol. The highest BCUT2D eigenvalue weighted by atomic mass is 31.2. The third-order valence-electron chi connectivity index (χ3n) is 6.33. The minimum absolute atomic E-state index is 0.231. The number of esters is 1. The van der Waals surface area contributed by atoms with Crippen LogP contribution in [0.2, 0.25) is 0 Å². The lowest BCUT2D eigenvalue weighted by Gasteiger charge is -2.26. The average Bonchev–Trinajstić information content (AvgIpc) is 3.54. The topological polar surface area (TPSA) is 156 Å². The zero-order chi connectivity index (χ0) is 27.7. The molecule has 0 bridgehead atoms. The molecule has 1 saturated heterocycles. The molecule has 0 spiro atoms. The number of para-hydroxylation sites is 1. The molecular formula is C25H36N3O9P. The van der Waals surface area contributed by atoms with Crippen molar-refractivity contribution in [3.63, 3.8) is 0 Å². The van der Waals surface area contributed by atoms with Gasteiger partial charge in [-0.15, -0.1) is 0 Å². The summed E-state index contributed by atoms with van der Waals surface area (Å²) in [6.07, 6.45) is 0.211. The van der Waals surface area contributed by atoms with E-state index in [0.29, 0.717) is 18.3 Å². The van der Waals surface area contributed by atoms with Crippen molar-refractivity contribution in [3.8, 4) is 5.75 Å². The summed E-state index contributed by atoms with van der Waals surface area (Å²) in [4.78, 5) is 37.2. The van der Waals surface area contributed by atoms with Gasteiger partial charge in [-0.05, 0) is 43.9 Å². The first-order valence-corrected chi connectivity index (χ1v) is 13.7. The number of amides is 3. The Morgan fingerprint density at radius 2 is 1.87 bits per heavy atom. The van der Waals surface area contributed by atoms with Crippen LogP contribution < -0.4 is 14.9 Å². The summed E-state index contributed by atoms with van der Waals surface area (Å²) >= 11 is 0. The molecule has 0 radical (unpaired) electrons. The Hall–Kier alpha value is -2.60. The maximum Gasteiger partial charge on any atom is 0.326 e. The smallest absolute Gasteiger partial charge is 0.326 e. The molecule has 13 heteroatoms. The molecule has 1 aliphatic carbocycles. The van der Waals surface area contributed by atoms with E-state index in [1.165, 1.54) is 7.05 Å². The zero-order valence-electron chi connectivity index (χ0n) is 21.5. The Morgan fingerprint density at radius 1 is 1.18 bits per heavy atom. The van der Waals surface area contributed by atoms with Gasteiger partial charge in [0.25, 0.3) is 5.91 Å². The van der Waals surface area contributed by atoms with E-state index in [4.69, 9.17) is 18.5 Å². The second-order valence-corrected chi connectivity index (χ2v) is 10.5. The van der Waals surface area contributed by atoms with E-state index in [-0.39, 0.29) is 6.61 Å². The van der Waals surface area contributed by atoms with Gasteiger partial charge in [0.2, 0.25) is 0 Å². The Kier molecular flexibility index (Phi) is 11.4. The van der Waals surface area contributed by atoms with Crippen LogP contribution >= 0.6 is 8.53 Å². The lowest BCUT2D eigenvalue weighted by Crippen LogP contribution is -2.50. The summed E-state index contributed by atoms with van der Waals surface area (Å²) in [5.74, 6) is -0.272. The van der Waals surface area contributed by atoms with Crippen LogP contribution in [0.15, 0.2) is 43.0 Å². The Morgan fingerprint density at radius 3 is 2.53 bits per heavy atom. The number of likely N-dealkylation sites (N-methyl/N-ethyl adjacent to an activating group) is 1. The molecule has 3 rings (SSSR count). The first-order chi connectivity index (χ1) is 18.2. The summed E-state index contributed by atoms with van der Waals surface area (Å²) in [5, 5.41) is 26.0. The van der Waals surface area contributed by atoms with Crippen LogP contribution in [0, 0.1) is 5.92 Å². The van der Waals surface area contributed by atoms with Gasteiger partial charge in [-0.25, -0.2) is 9.88 Å². The molecule has 2 aliphatic rings. The van der Waals surface area contributed by atoms with Crippen molar-refractivity contribution in [1.29, 1.82) is 0 Å². The number of carbonyl (C=O) groups is 3. The normalized spacial score (nSPS) is 24.8. The third kappa shape index (κ3) is 8.45. The van der Waals surface area contributed by atoms with Gasteiger partial charge in [0.15, 0.2) is 6.23 Å². The van der Waals surface area contributed by atoms with Crippen molar-refractivity contribution in [2.75, 3.05) is 20.3 Å². The summed E-state index contributed by atoms with van der Waals surface area (Å²) in [5.41, 5.74) is 0. The number of imide groups is 1. The highest BCUT2D eigenvalue weighted by Gasteiger charge is 2.46. The lowest BCUT2D eigenvalue weighted by molar-refractivity contribution is -0.146. The van der Waals surface area contributed by atoms with Crippen LogP contribution in [0.1, 0.15) is 32.6 Å². The maximum atomic E-state index is 12.6. The third-order valence-corrected chi connectivity index (χ3v) is 7.69. The Balaban J connectivity index is 1.58. The molecule has 1 aliphatic heterocycles. The predicted octanol–water partition coefficient (Wildman–Crippen LogP) is 1.82. The van der Waals surface area contributed by atoms with Crippen LogP contribution in [-0.2, 0) is 23.6 Å². The number of hydrogen-bond acceptors (Lipinski definition) is 10. The van der Waals surface area contributed by atoms with E-state index in [9.17, 15) is 24.6 Å². The number of benzene rings is 1.